The largest absolute Gasteiger partial charge is 0.355 e. The van der Waals surface area contributed by atoms with Gasteiger partial charge in [0, 0.05) is 11.0 Å². The normalized spacial score (nSPS) is 11.5. The molecule has 0 aliphatic rings. The number of rotatable bonds is 7. The molecule has 118 valence electrons. The molecule has 1 N–H and O–H groups in total. The molecule has 0 aromatic heterocycles. The summed E-state index contributed by atoms with van der Waals surface area (Å²) in [5.74, 6) is 0.177. The second-order valence-electron chi connectivity index (χ2n) is 5.25. The van der Waals surface area contributed by atoms with Crippen LogP contribution in [0.2, 0.25) is 0 Å². The Balaban J connectivity index is 2.82. The number of amides is 1. The Labute approximate surface area is 134 Å². The van der Waals surface area contributed by atoms with Gasteiger partial charge in [-0.15, -0.1) is 0 Å². The highest BCUT2D eigenvalue weighted by molar-refractivity contribution is 9.10. The van der Waals surface area contributed by atoms with E-state index in [1.165, 1.54) is 0 Å². The summed E-state index contributed by atoms with van der Waals surface area (Å²) in [6, 6.07) is 6.92. The molecule has 1 amide bonds. The number of nitrogens with one attached hydrogen (secondary N) is 1. The van der Waals surface area contributed by atoms with Gasteiger partial charge in [-0.05, 0) is 40.4 Å². The fourth-order valence-corrected chi connectivity index (χ4v) is 3.21. The van der Waals surface area contributed by atoms with Crippen LogP contribution in [-0.4, -0.2) is 33.7 Å². The van der Waals surface area contributed by atoms with Crippen molar-refractivity contribution >= 4 is 37.5 Å². The van der Waals surface area contributed by atoms with Crippen molar-refractivity contribution in [1.29, 1.82) is 0 Å². The van der Waals surface area contributed by atoms with Gasteiger partial charge in [-0.3, -0.25) is 9.10 Å². The Kier molecular flexibility index (Phi) is 6.67. The first-order valence-electron chi connectivity index (χ1n) is 6.70. The Bertz CT molecular complexity index is 588. The summed E-state index contributed by atoms with van der Waals surface area (Å²) >= 11 is 3.31. The van der Waals surface area contributed by atoms with Crippen molar-refractivity contribution in [2.45, 2.75) is 20.3 Å². The first-order valence-corrected chi connectivity index (χ1v) is 9.35. The number of para-hydroxylation sites is 1. The van der Waals surface area contributed by atoms with Crippen LogP contribution in [0.25, 0.3) is 0 Å². The fourth-order valence-electron chi connectivity index (χ4n) is 1.72. The Morgan fingerprint density at radius 1 is 1.33 bits per heavy atom. The van der Waals surface area contributed by atoms with E-state index in [-0.39, 0.29) is 12.5 Å². The highest BCUT2D eigenvalue weighted by atomic mass is 79.9. The highest BCUT2D eigenvalue weighted by Crippen LogP contribution is 2.27. The van der Waals surface area contributed by atoms with Crippen LogP contribution < -0.4 is 9.62 Å². The van der Waals surface area contributed by atoms with Crippen LogP contribution >= 0.6 is 15.9 Å². The monoisotopic (exact) mass is 376 g/mol. The summed E-state index contributed by atoms with van der Waals surface area (Å²) in [7, 11) is -3.53. The van der Waals surface area contributed by atoms with E-state index in [9.17, 15) is 13.2 Å². The summed E-state index contributed by atoms with van der Waals surface area (Å²) in [5, 5.41) is 2.75. The minimum absolute atomic E-state index is 0.223. The highest BCUT2D eigenvalue weighted by Gasteiger charge is 2.22. The van der Waals surface area contributed by atoms with Gasteiger partial charge < -0.3 is 5.32 Å². The number of sulfonamides is 1. The fraction of sp³-hybridized carbons (Fsp3) is 0.500. The summed E-state index contributed by atoms with van der Waals surface area (Å²) in [4.78, 5) is 11.9. The standard InChI is InChI=1S/C14H21BrN2O3S/c1-11(2)8-9-16-14(18)10-17(21(3,19)20)13-7-5-4-6-12(13)15/h4-7,11H,8-10H2,1-3H3,(H,16,18). The summed E-state index contributed by atoms with van der Waals surface area (Å²) in [6.07, 6.45) is 1.95. The molecule has 1 aromatic rings. The second kappa shape index (κ2) is 7.79. The molecule has 0 radical (unpaired) electrons. The third kappa shape index (κ3) is 6.05. The van der Waals surface area contributed by atoms with Gasteiger partial charge >= 0.3 is 0 Å². The van der Waals surface area contributed by atoms with Crippen molar-refractivity contribution in [2.75, 3.05) is 23.7 Å². The van der Waals surface area contributed by atoms with E-state index in [0.29, 0.717) is 22.6 Å². The number of hydrogen-bond donors (Lipinski definition) is 1. The average molecular weight is 377 g/mol. The Morgan fingerprint density at radius 3 is 2.48 bits per heavy atom. The quantitative estimate of drug-likeness (QED) is 0.794. The zero-order valence-corrected chi connectivity index (χ0v) is 14.9. The molecule has 0 heterocycles. The maximum atomic E-state index is 11.9. The smallest absolute Gasteiger partial charge is 0.240 e. The lowest BCUT2D eigenvalue weighted by Crippen LogP contribution is -2.41. The molecule has 1 rings (SSSR count). The van der Waals surface area contributed by atoms with E-state index < -0.39 is 10.0 Å². The molecule has 0 atom stereocenters. The van der Waals surface area contributed by atoms with Gasteiger partial charge in [-0.2, -0.15) is 0 Å². The van der Waals surface area contributed by atoms with Gasteiger partial charge in [-0.1, -0.05) is 26.0 Å². The lowest BCUT2D eigenvalue weighted by molar-refractivity contribution is -0.119. The van der Waals surface area contributed by atoms with Crippen LogP contribution in [0.4, 0.5) is 5.69 Å². The number of benzene rings is 1. The maximum Gasteiger partial charge on any atom is 0.240 e. The van der Waals surface area contributed by atoms with Gasteiger partial charge in [-0.25, -0.2) is 8.42 Å². The molecule has 7 heteroatoms. The second-order valence-corrected chi connectivity index (χ2v) is 8.01. The van der Waals surface area contributed by atoms with Crippen molar-refractivity contribution in [3.8, 4) is 0 Å². The van der Waals surface area contributed by atoms with Crippen LogP contribution in [0.1, 0.15) is 20.3 Å². The number of carbonyl (C=O) groups is 1. The third-order valence-corrected chi connectivity index (χ3v) is 4.65. The molecule has 0 fully saturated rings. The van der Waals surface area contributed by atoms with Crippen LogP contribution in [-0.2, 0) is 14.8 Å². The topological polar surface area (TPSA) is 66.5 Å². The maximum absolute atomic E-state index is 11.9. The van der Waals surface area contributed by atoms with Crippen molar-refractivity contribution in [1.82, 2.24) is 5.32 Å². The van der Waals surface area contributed by atoms with E-state index in [2.05, 4.69) is 35.1 Å². The predicted molar refractivity (Wildman–Crippen MR) is 88.8 cm³/mol. The molecule has 0 saturated heterocycles. The molecular weight excluding hydrogens is 356 g/mol. The van der Waals surface area contributed by atoms with E-state index in [4.69, 9.17) is 0 Å². The van der Waals surface area contributed by atoms with Crippen molar-refractivity contribution < 1.29 is 13.2 Å². The van der Waals surface area contributed by atoms with Crippen LogP contribution in [0.5, 0.6) is 0 Å². The van der Waals surface area contributed by atoms with Crippen LogP contribution in [0.3, 0.4) is 0 Å². The molecule has 1 aromatic carbocycles. The number of nitrogens with zero attached hydrogens (tertiary/aromatic N) is 1. The van der Waals surface area contributed by atoms with Crippen molar-refractivity contribution in [3.05, 3.63) is 28.7 Å². The Morgan fingerprint density at radius 2 is 1.95 bits per heavy atom. The van der Waals surface area contributed by atoms with E-state index in [1.54, 1.807) is 24.3 Å². The number of hydrogen-bond acceptors (Lipinski definition) is 3. The molecule has 0 spiro atoms. The molecular formula is C14H21BrN2O3S. The zero-order chi connectivity index (χ0) is 16.0. The summed E-state index contributed by atoms with van der Waals surface area (Å²) < 4.78 is 25.6. The van der Waals surface area contributed by atoms with E-state index in [1.807, 2.05) is 0 Å². The zero-order valence-electron chi connectivity index (χ0n) is 12.5. The molecule has 0 unspecified atom stereocenters. The number of anilines is 1. The van der Waals surface area contributed by atoms with Gasteiger partial charge in [0.1, 0.15) is 6.54 Å². The molecule has 0 aliphatic heterocycles. The van der Waals surface area contributed by atoms with Gasteiger partial charge in [0.2, 0.25) is 15.9 Å². The molecule has 5 nitrogen and oxygen atoms in total. The predicted octanol–water partition coefficient (Wildman–Crippen LogP) is 2.38. The minimum atomic E-state index is -3.53. The molecule has 0 saturated carbocycles. The van der Waals surface area contributed by atoms with E-state index >= 15 is 0 Å². The molecule has 0 aliphatic carbocycles. The van der Waals surface area contributed by atoms with Gasteiger partial charge in [0.15, 0.2) is 0 Å². The van der Waals surface area contributed by atoms with Crippen molar-refractivity contribution in [3.63, 3.8) is 0 Å². The van der Waals surface area contributed by atoms with Gasteiger partial charge in [0.25, 0.3) is 0 Å². The lowest BCUT2D eigenvalue weighted by Gasteiger charge is -2.23. The minimum Gasteiger partial charge on any atom is -0.355 e. The molecule has 21 heavy (non-hydrogen) atoms. The van der Waals surface area contributed by atoms with Gasteiger partial charge in [0.05, 0.1) is 11.9 Å². The Hall–Kier alpha value is -1.08. The summed E-state index contributed by atoms with van der Waals surface area (Å²) in [5.41, 5.74) is 0.457. The average Bonchev–Trinajstić information content (AvgIpc) is 2.35. The lowest BCUT2D eigenvalue weighted by atomic mass is 10.1. The van der Waals surface area contributed by atoms with Crippen molar-refractivity contribution in [2.24, 2.45) is 5.92 Å². The molecule has 0 bridgehead atoms. The first-order chi connectivity index (χ1) is 9.71. The third-order valence-electron chi connectivity index (χ3n) is 2.85. The number of carbonyl (C=O) groups excluding carboxylic acids is 1. The van der Waals surface area contributed by atoms with E-state index in [0.717, 1.165) is 17.0 Å². The first kappa shape index (κ1) is 18.0. The summed E-state index contributed by atoms with van der Waals surface area (Å²) in [6.45, 7) is 4.45. The van der Waals surface area contributed by atoms with Crippen LogP contribution in [0.15, 0.2) is 28.7 Å². The number of halogens is 1. The van der Waals surface area contributed by atoms with Crippen LogP contribution in [0, 0.1) is 5.92 Å². The SMILES string of the molecule is CC(C)CCNC(=O)CN(c1ccccc1Br)S(C)(=O)=O.